The number of hydrogen-bond acceptors (Lipinski definition) is 4. The number of halogens is 1. The van der Waals surface area contributed by atoms with Gasteiger partial charge in [-0.05, 0) is 49.8 Å². The summed E-state index contributed by atoms with van der Waals surface area (Å²) in [5, 5.41) is 3.09. The minimum absolute atomic E-state index is 0.00211. The highest BCUT2D eigenvalue weighted by molar-refractivity contribution is 7.91. The molecule has 1 aromatic carbocycles. The standard InChI is InChI=1S/C22H31FN2O3S/c23-19-5-3-18(4-6-19)22(10-1-2-11-22)16-25-12-7-20(8-13-25)24-21(26)17-9-14-29(27,28)15-17/h3-6,17,20H,1-2,7-16H2,(H,24,26). The molecule has 3 fully saturated rings. The molecule has 1 saturated carbocycles. The van der Waals surface area contributed by atoms with E-state index in [1.807, 2.05) is 12.1 Å². The SMILES string of the molecule is O=C(NC1CCN(CC2(c3ccc(F)cc3)CCCC2)CC1)C1CCS(=O)(=O)C1. The Morgan fingerprint density at radius 1 is 1.10 bits per heavy atom. The lowest BCUT2D eigenvalue weighted by Gasteiger charge is -2.39. The maximum Gasteiger partial charge on any atom is 0.224 e. The molecule has 2 heterocycles. The Balaban J connectivity index is 1.31. The number of nitrogens with zero attached hydrogens (tertiary/aromatic N) is 1. The summed E-state index contributed by atoms with van der Waals surface area (Å²) in [7, 11) is -3.03. The number of rotatable bonds is 5. The summed E-state index contributed by atoms with van der Waals surface area (Å²) in [5.74, 6) is -0.526. The van der Waals surface area contributed by atoms with E-state index < -0.39 is 9.84 Å². The second-order valence-corrected chi connectivity index (χ2v) is 11.4. The van der Waals surface area contributed by atoms with Gasteiger partial charge in [0, 0.05) is 31.1 Å². The van der Waals surface area contributed by atoms with Gasteiger partial charge in [0.25, 0.3) is 0 Å². The largest absolute Gasteiger partial charge is 0.353 e. The van der Waals surface area contributed by atoms with Crippen molar-refractivity contribution in [2.75, 3.05) is 31.1 Å². The summed E-state index contributed by atoms with van der Waals surface area (Å²) in [6, 6.07) is 7.17. The highest BCUT2D eigenvalue weighted by Crippen LogP contribution is 2.42. The summed E-state index contributed by atoms with van der Waals surface area (Å²) >= 11 is 0. The van der Waals surface area contributed by atoms with Crippen LogP contribution in [0, 0.1) is 11.7 Å². The van der Waals surface area contributed by atoms with E-state index in [-0.39, 0.29) is 40.6 Å². The van der Waals surface area contributed by atoms with Gasteiger partial charge in [-0.15, -0.1) is 0 Å². The number of carbonyl (C=O) groups excluding carboxylic acids is 1. The van der Waals surface area contributed by atoms with Crippen molar-refractivity contribution in [1.82, 2.24) is 10.2 Å². The molecular weight excluding hydrogens is 391 g/mol. The van der Waals surface area contributed by atoms with Gasteiger partial charge in [0.1, 0.15) is 5.82 Å². The molecule has 160 valence electrons. The van der Waals surface area contributed by atoms with Gasteiger partial charge in [0.15, 0.2) is 9.84 Å². The van der Waals surface area contributed by atoms with Gasteiger partial charge in [-0.3, -0.25) is 4.79 Å². The van der Waals surface area contributed by atoms with Crippen LogP contribution in [0.3, 0.4) is 0 Å². The van der Waals surface area contributed by atoms with E-state index in [9.17, 15) is 17.6 Å². The summed E-state index contributed by atoms with van der Waals surface area (Å²) in [5.41, 5.74) is 1.36. The van der Waals surface area contributed by atoms with E-state index in [1.165, 1.54) is 18.4 Å². The van der Waals surface area contributed by atoms with Crippen molar-refractivity contribution in [2.24, 2.45) is 5.92 Å². The van der Waals surface area contributed by atoms with Crippen LogP contribution in [0.5, 0.6) is 0 Å². The molecule has 0 radical (unpaired) electrons. The molecular formula is C22H31FN2O3S. The summed E-state index contributed by atoms with van der Waals surface area (Å²) < 4.78 is 36.6. The molecule has 1 aromatic rings. The minimum Gasteiger partial charge on any atom is -0.353 e. The molecule has 1 N–H and O–H groups in total. The number of piperidine rings is 1. The Hall–Kier alpha value is -1.47. The first-order valence-electron chi connectivity index (χ1n) is 10.8. The van der Waals surface area contributed by atoms with Crippen molar-refractivity contribution in [3.05, 3.63) is 35.6 Å². The monoisotopic (exact) mass is 422 g/mol. The summed E-state index contributed by atoms with van der Waals surface area (Å²) in [4.78, 5) is 14.9. The van der Waals surface area contributed by atoms with Gasteiger partial charge in [0.2, 0.25) is 5.91 Å². The first-order chi connectivity index (χ1) is 13.9. The van der Waals surface area contributed by atoms with Gasteiger partial charge in [0.05, 0.1) is 17.4 Å². The predicted octanol–water partition coefficient (Wildman–Crippen LogP) is 2.65. The van der Waals surface area contributed by atoms with Crippen LogP contribution >= 0.6 is 0 Å². The van der Waals surface area contributed by atoms with Crippen LogP contribution in [-0.2, 0) is 20.0 Å². The first kappa shape index (κ1) is 20.8. The predicted molar refractivity (Wildman–Crippen MR) is 111 cm³/mol. The number of carbonyl (C=O) groups is 1. The molecule has 1 atom stereocenters. The van der Waals surface area contributed by atoms with Crippen LogP contribution in [0.15, 0.2) is 24.3 Å². The Bertz CT molecular complexity index is 826. The number of nitrogens with one attached hydrogen (secondary N) is 1. The molecule has 4 rings (SSSR count). The van der Waals surface area contributed by atoms with Crippen molar-refractivity contribution in [2.45, 2.75) is 56.4 Å². The van der Waals surface area contributed by atoms with E-state index in [1.54, 1.807) is 12.1 Å². The third kappa shape index (κ3) is 4.82. The summed E-state index contributed by atoms with van der Waals surface area (Å²) in [6.07, 6.45) is 6.96. The second kappa shape index (κ2) is 8.34. The number of hydrogen-bond donors (Lipinski definition) is 1. The fourth-order valence-corrected chi connectivity index (χ4v) is 7.12. The Morgan fingerprint density at radius 3 is 2.34 bits per heavy atom. The fourth-order valence-electron chi connectivity index (χ4n) is 5.38. The zero-order chi connectivity index (χ0) is 20.5. The van der Waals surface area contributed by atoms with Crippen LogP contribution < -0.4 is 5.32 Å². The lowest BCUT2D eigenvalue weighted by Crippen LogP contribution is -2.49. The smallest absolute Gasteiger partial charge is 0.224 e. The van der Waals surface area contributed by atoms with Gasteiger partial charge < -0.3 is 10.2 Å². The molecule has 1 aliphatic carbocycles. The highest BCUT2D eigenvalue weighted by Gasteiger charge is 2.38. The average Bonchev–Trinajstić information content (AvgIpc) is 3.31. The Morgan fingerprint density at radius 2 is 1.76 bits per heavy atom. The number of benzene rings is 1. The third-order valence-electron chi connectivity index (χ3n) is 7.08. The fraction of sp³-hybridized carbons (Fsp3) is 0.682. The minimum atomic E-state index is -3.03. The van der Waals surface area contributed by atoms with E-state index in [2.05, 4.69) is 10.2 Å². The molecule has 0 spiro atoms. The maximum atomic E-state index is 13.4. The highest BCUT2D eigenvalue weighted by atomic mass is 32.2. The topological polar surface area (TPSA) is 66.5 Å². The van der Waals surface area contributed by atoms with Gasteiger partial charge in [-0.1, -0.05) is 25.0 Å². The molecule has 2 saturated heterocycles. The van der Waals surface area contributed by atoms with Crippen LogP contribution in [0.4, 0.5) is 4.39 Å². The molecule has 1 unspecified atom stereocenters. The third-order valence-corrected chi connectivity index (χ3v) is 8.85. The van der Waals surface area contributed by atoms with Crippen molar-refractivity contribution < 1.29 is 17.6 Å². The number of likely N-dealkylation sites (tertiary alicyclic amines) is 1. The number of amides is 1. The average molecular weight is 423 g/mol. The first-order valence-corrected chi connectivity index (χ1v) is 12.7. The van der Waals surface area contributed by atoms with Crippen molar-refractivity contribution in [3.63, 3.8) is 0 Å². The van der Waals surface area contributed by atoms with Crippen LogP contribution in [0.25, 0.3) is 0 Å². The normalized spacial score (nSPS) is 27.1. The molecule has 2 aliphatic heterocycles. The molecule has 1 amide bonds. The van der Waals surface area contributed by atoms with Crippen molar-refractivity contribution in [1.29, 1.82) is 0 Å². The van der Waals surface area contributed by atoms with Crippen molar-refractivity contribution >= 4 is 15.7 Å². The lowest BCUT2D eigenvalue weighted by molar-refractivity contribution is -0.125. The van der Waals surface area contributed by atoms with Crippen LogP contribution in [0.1, 0.15) is 50.5 Å². The van der Waals surface area contributed by atoms with Gasteiger partial charge in [-0.2, -0.15) is 0 Å². The zero-order valence-electron chi connectivity index (χ0n) is 16.9. The summed E-state index contributed by atoms with van der Waals surface area (Å²) in [6.45, 7) is 2.84. The second-order valence-electron chi connectivity index (χ2n) is 9.15. The molecule has 0 bridgehead atoms. The molecule has 3 aliphatic rings. The van der Waals surface area contributed by atoms with E-state index in [0.29, 0.717) is 6.42 Å². The van der Waals surface area contributed by atoms with E-state index in [0.717, 1.165) is 45.3 Å². The molecule has 5 nitrogen and oxygen atoms in total. The van der Waals surface area contributed by atoms with Crippen LogP contribution in [0.2, 0.25) is 0 Å². The Labute approximate surface area is 173 Å². The zero-order valence-corrected chi connectivity index (χ0v) is 17.7. The Kier molecular flexibility index (Phi) is 5.98. The van der Waals surface area contributed by atoms with E-state index in [4.69, 9.17) is 0 Å². The maximum absolute atomic E-state index is 13.4. The lowest BCUT2D eigenvalue weighted by atomic mass is 9.78. The van der Waals surface area contributed by atoms with Crippen LogP contribution in [-0.4, -0.2) is 56.4 Å². The number of sulfone groups is 1. The van der Waals surface area contributed by atoms with Gasteiger partial charge >= 0.3 is 0 Å². The molecule has 7 heteroatoms. The van der Waals surface area contributed by atoms with E-state index >= 15 is 0 Å². The quantitative estimate of drug-likeness (QED) is 0.792. The van der Waals surface area contributed by atoms with Gasteiger partial charge in [-0.25, -0.2) is 12.8 Å². The molecule has 0 aromatic heterocycles. The van der Waals surface area contributed by atoms with Crippen molar-refractivity contribution in [3.8, 4) is 0 Å². The molecule has 29 heavy (non-hydrogen) atoms.